The summed E-state index contributed by atoms with van der Waals surface area (Å²) in [6, 6.07) is 1.07. The van der Waals surface area contributed by atoms with E-state index in [-0.39, 0.29) is 17.6 Å². The molecule has 0 aromatic carbocycles. The standard InChI is InChI=1S/C16H20N4O4S/c21-12-9-10(15(22)18-5-4-14-17-7-8-25-14)1-2-11(12)20-16(23)13-3-6-19-24-13/h3,6-8,10-12,21H,1-2,4-5,9H2,(H,18,22)(H,20,23)/t10-,11-,12-/m0/s1. The number of carbonyl (C=O) groups excluding carboxylic acids is 2. The van der Waals surface area contributed by atoms with Gasteiger partial charge in [-0.15, -0.1) is 11.3 Å². The number of nitrogens with one attached hydrogen (secondary N) is 2. The third-order valence-corrected chi connectivity index (χ3v) is 5.13. The van der Waals surface area contributed by atoms with Gasteiger partial charge in [-0.2, -0.15) is 0 Å². The highest BCUT2D eigenvalue weighted by molar-refractivity contribution is 7.09. The predicted octanol–water partition coefficient (Wildman–Crippen LogP) is 0.749. The Hall–Kier alpha value is -2.26. The van der Waals surface area contributed by atoms with Gasteiger partial charge in [0.25, 0.3) is 5.91 Å². The SMILES string of the molecule is O=C(N[C@H]1CC[C@H](C(=O)NCCc2nccs2)C[C@@H]1O)c1ccno1. The molecule has 1 fully saturated rings. The lowest BCUT2D eigenvalue weighted by molar-refractivity contribution is -0.127. The Kier molecular flexibility index (Phi) is 5.77. The molecule has 2 heterocycles. The van der Waals surface area contributed by atoms with Gasteiger partial charge in [0.15, 0.2) is 0 Å². The minimum atomic E-state index is -0.768. The molecule has 0 radical (unpaired) electrons. The number of nitrogens with zero attached hydrogens (tertiary/aromatic N) is 2. The van der Waals surface area contributed by atoms with Crippen molar-refractivity contribution in [2.24, 2.45) is 5.92 Å². The Morgan fingerprint density at radius 3 is 2.92 bits per heavy atom. The molecule has 0 bridgehead atoms. The van der Waals surface area contributed by atoms with Crippen LogP contribution in [-0.2, 0) is 11.2 Å². The maximum absolute atomic E-state index is 12.2. The second-order valence-electron chi connectivity index (χ2n) is 6.00. The lowest BCUT2D eigenvalue weighted by Crippen LogP contribution is -2.49. The Balaban J connectivity index is 1.42. The minimum absolute atomic E-state index is 0.0596. The molecule has 3 atom stereocenters. The van der Waals surface area contributed by atoms with Gasteiger partial charge in [0.2, 0.25) is 11.7 Å². The molecule has 1 aliphatic rings. The van der Waals surface area contributed by atoms with Gasteiger partial charge in [0.05, 0.1) is 23.4 Å². The molecule has 3 rings (SSSR count). The monoisotopic (exact) mass is 364 g/mol. The van der Waals surface area contributed by atoms with Crippen molar-refractivity contribution in [3.05, 3.63) is 34.6 Å². The largest absolute Gasteiger partial charge is 0.391 e. The van der Waals surface area contributed by atoms with Gasteiger partial charge in [-0.3, -0.25) is 9.59 Å². The number of aliphatic hydroxyl groups is 1. The first-order valence-corrected chi connectivity index (χ1v) is 9.07. The molecule has 0 spiro atoms. The second-order valence-corrected chi connectivity index (χ2v) is 6.98. The molecular weight excluding hydrogens is 344 g/mol. The number of amides is 2. The van der Waals surface area contributed by atoms with Crippen molar-refractivity contribution in [3.8, 4) is 0 Å². The number of carbonyl (C=O) groups is 2. The van der Waals surface area contributed by atoms with Crippen LogP contribution in [0.25, 0.3) is 0 Å². The summed E-state index contributed by atoms with van der Waals surface area (Å²) in [5.74, 6) is -0.609. The van der Waals surface area contributed by atoms with Gasteiger partial charge in [0, 0.05) is 36.5 Å². The summed E-state index contributed by atoms with van der Waals surface area (Å²) >= 11 is 1.56. The van der Waals surface area contributed by atoms with Crippen LogP contribution in [0.1, 0.15) is 34.8 Å². The Bertz CT molecular complexity index is 689. The average molecular weight is 364 g/mol. The Morgan fingerprint density at radius 1 is 1.36 bits per heavy atom. The van der Waals surface area contributed by atoms with E-state index in [2.05, 4.69) is 20.8 Å². The smallest absolute Gasteiger partial charge is 0.290 e. The number of aromatic nitrogens is 2. The highest BCUT2D eigenvalue weighted by Crippen LogP contribution is 2.25. The van der Waals surface area contributed by atoms with Crippen LogP contribution in [0, 0.1) is 5.92 Å². The van der Waals surface area contributed by atoms with Crippen molar-refractivity contribution < 1.29 is 19.2 Å². The van der Waals surface area contributed by atoms with E-state index in [4.69, 9.17) is 4.52 Å². The zero-order chi connectivity index (χ0) is 17.6. The predicted molar refractivity (Wildman–Crippen MR) is 89.9 cm³/mol. The van der Waals surface area contributed by atoms with Crippen molar-refractivity contribution in [1.82, 2.24) is 20.8 Å². The highest BCUT2D eigenvalue weighted by atomic mass is 32.1. The molecule has 9 heteroatoms. The van der Waals surface area contributed by atoms with Crippen LogP contribution in [0.2, 0.25) is 0 Å². The fourth-order valence-electron chi connectivity index (χ4n) is 2.94. The van der Waals surface area contributed by atoms with Crippen LogP contribution in [0.15, 0.2) is 28.4 Å². The number of hydrogen-bond donors (Lipinski definition) is 3. The first-order chi connectivity index (χ1) is 12.1. The Labute approximate surface area is 148 Å². The maximum atomic E-state index is 12.2. The quantitative estimate of drug-likeness (QED) is 0.696. The van der Waals surface area contributed by atoms with Gasteiger partial charge in [-0.1, -0.05) is 5.16 Å². The van der Waals surface area contributed by atoms with Gasteiger partial charge in [0.1, 0.15) is 0 Å². The molecule has 1 saturated carbocycles. The molecule has 2 aromatic heterocycles. The van der Waals surface area contributed by atoms with Crippen molar-refractivity contribution in [2.45, 2.75) is 37.8 Å². The van der Waals surface area contributed by atoms with Crippen LogP contribution in [0.5, 0.6) is 0 Å². The number of thiazole rings is 1. The zero-order valence-corrected chi connectivity index (χ0v) is 14.4. The molecule has 2 amide bonds. The molecule has 8 nitrogen and oxygen atoms in total. The number of hydrogen-bond acceptors (Lipinski definition) is 7. The van der Waals surface area contributed by atoms with E-state index >= 15 is 0 Å². The van der Waals surface area contributed by atoms with E-state index in [1.807, 2.05) is 5.38 Å². The van der Waals surface area contributed by atoms with E-state index in [9.17, 15) is 14.7 Å². The normalized spacial score (nSPS) is 23.2. The highest BCUT2D eigenvalue weighted by Gasteiger charge is 2.34. The molecule has 0 aliphatic heterocycles. The first kappa shape index (κ1) is 17.6. The minimum Gasteiger partial charge on any atom is -0.391 e. The summed E-state index contributed by atoms with van der Waals surface area (Å²) in [6.07, 6.45) is 4.53. The van der Waals surface area contributed by atoms with Crippen LogP contribution < -0.4 is 10.6 Å². The lowest BCUT2D eigenvalue weighted by atomic mass is 9.83. The maximum Gasteiger partial charge on any atom is 0.290 e. The van der Waals surface area contributed by atoms with E-state index in [1.54, 1.807) is 17.5 Å². The van der Waals surface area contributed by atoms with Crippen molar-refractivity contribution in [3.63, 3.8) is 0 Å². The lowest BCUT2D eigenvalue weighted by Gasteiger charge is -2.32. The zero-order valence-electron chi connectivity index (χ0n) is 13.6. The summed E-state index contributed by atoms with van der Waals surface area (Å²) in [5, 5.41) is 22.3. The number of aliphatic hydroxyl groups excluding tert-OH is 1. The summed E-state index contributed by atoms with van der Waals surface area (Å²) < 4.78 is 4.79. The summed E-state index contributed by atoms with van der Waals surface area (Å²) in [6.45, 7) is 0.532. The molecule has 134 valence electrons. The van der Waals surface area contributed by atoms with E-state index in [0.29, 0.717) is 32.2 Å². The summed E-state index contributed by atoms with van der Waals surface area (Å²) in [7, 11) is 0. The van der Waals surface area contributed by atoms with Gasteiger partial charge < -0.3 is 20.3 Å². The van der Waals surface area contributed by atoms with Crippen LogP contribution in [0.3, 0.4) is 0 Å². The van der Waals surface area contributed by atoms with Crippen molar-refractivity contribution >= 4 is 23.2 Å². The number of rotatable bonds is 6. The molecule has 1 aliphatic carbocycles. The first-order valence-electron chi connectivity index (χ1n) is 8.19. The molecular formula is C16H20N4O4S. The fraction of sp³-hybridized carbons (Fsp3) is 0.500. The molecule has 2 aromatic rings. The topological polar surface area (TPSA) is 117 Å². The van der Waals surface area contributed by atoms with E-state index < -0.39 is 18.1 Å². The summed E-state index contributed by atoms with van der Waals surface area (Å²) in [4.78, 5) is 28.4. The van der Waals surface area contributed by atoms with E-state index in [0.717, 1.165) is 5.01 Å². The van der Waals surface area contributed by atoms with Crippen molar-refractivity contribution in [1.29, 1.82) is 0 Å². The van der Waals surface area contributed by atoms with Crippen LogP contribution in [0.4, 0.5) is 0 Å². The molecule has 0 saturated heterocycles. The summed E-state index contributed by atoms with van der Waals surface area (Å²) in [5.41, 5.74) is 0. The van der Waals surface area contributed by atoms with Gasteiger partial charge in [-0.05, 0) is 19.3 Å². The van der Waals surface area contributed by atoms with E-state index in [1.165, 1.54) is 12.3 Å². The Morgan fingerprint density at radius 2 is 2.24 bits per heavy atom. The van der Waals surface area contributed by atoms with Crippen LogP contribution in [-0.4, -0.2) is 45.8 Å². The molecule has 25 heavy (non-hydrogen) atoms. The van der Waals surface area contributed by atoms with Crippen molar-refractivity contribution in [2.75, 3.05) is 6.54 Å². The molecule has 0 unspecified atom stereocenters. The fourth-order valence-corrected chi connectivity index (χ4v) is 3.56. The van der Waals surface area contributed by atoms with Gasteiger partial charge in [-0.25, -0.2) is 4.98 Å². The third-order valence-electron chi connectivity index (χ3n) is 4.29. The second kappa shape index (κ2) is 8.21. The van der Waals surface area contributed by atoms with Crippen LogP contribution >= 0.6 is 11.3 Å². The molecule has 3 N–H and O–H groups in total. The average Bonchev–Trinajstić information content (AvgIpc) is 3.29. The third kappa shape index (κ3) is 4.64. The van der Waals surface area contributed by atoms with Gasteiger partial charge >= 0.3 is 0 Å².